The maximum Gasteiger partial charge on any atom is 0.122 e. The molecule has 0 saturated heterocycles. The first-order valence-corrected chi connectivity index (χ1v) is 5.89. The van der Waals surface area contributed by atoms with Crippen molar-refractivity contribution in [3.05, 3.63) is 34.3 Å². The van der Waals surface area contributed by atoms with E-state index < -0.39 is 0 Å². The lowest BCUT2D eigenvalue weighted by atomic mass is 10.1. The highest BCUT2D eigenvalue weighted by atomic mass is 35.5. The Kier molecular flexibility index (Phi) is 4.29. The molecule has 0 aliphatic heterocycles. The van der Waals surface area contributed by atoms with Gasteiger partial charge in [-0.3, -0.25) is 5.41 Å². The highest BCUT2D eigenvalue weighted by Gasteiger charge is 2.03. The van der Waals surface area contributed by atoms with Crippen molar-refractivity contribution in [1.29, 1.82) is 5.41 Å². The molecule has 0 spiro atoms. The Morgan fingerprint density at radius 3 is 2.79 bits per heavy atom. The average molecular weight is 229 g/mol. The van der Waals surface area contributed by atoms with Crippen LogP contribution in [0, 0.1) is 5.41 Å². The third-order valence-corrected chi connectivity index (χ3v) is 3.10. The number of rotatable bonds is 4. The molecule has 0 unspecified atom stereocenters. The molecule has 2 nitrogen and oxygen atoms in total. The molecule has 1 aromatic carbocycles. The van der Waals surface area contributed by atoms with Gasteiger partial charge in [0.25, 0.3) is 0 Å². The molecule has 0 fully saturated rings. The number of nitrogens with one attached hydrogen (secondary N) is 1. The highest BCUT2D eigenvalue weighted by Crippen LogP contribution is 2.22. The Hall–Kier alpha value is -0.670. The van der Waals surface area contributed by atoms with Gasteiger partial charge in [0.05, 0.1) is 0 Å². The molecule has 0 aliphatic rings. The second-order valence-electron chi connectivity index (χ2n) is 2.86. The van der Waals surface area contributed by atoms with Crippen LogP contribution in [0.25, 0.3) is 0 Å². The largest absolute Gasteiger partial charge is 0.384 e. The summed E-state index contributed by atoms with van der Waals surface area (Å²) in [5.41, 5.74) is 7.13. The van der Waals surface area contributed by atoms with E-state index in [0.29, 0.717) is 10.6 Å². The summed E-state index contributed by atoms with van der Waals surface area (Å²) >= 11 is 7.86. The predicted molar refractivity (Wildman–Crippen MR) is 64.3 cm³/mol. The van der Waals surface area contributed by atoms with E-state index in [4.69, 9.17) is 22.7 Å². The molecule has 1 rings (SSSR count). The number of amidine groups is 1. The molecule has 0 aliphatic carbocycles. The number of nitrogens with two attached hydrogens (primary N) is 1. The van der Waals surface area contributed by atoms with Gasteiger partial charge in [-0.25, -0.2) is 0 Å². The van der Waals surface area contributed by atoms with Gasteiger partial charge in [0, 0.05) is 16.3 Å². The zero-order valence-corrected chi connectivity index (χ0v) is 9.58. The van der Waals surface area contributed by atoms with Crippen LogP contribution in [0.5, 0.6) is 0 Å². The zero-order valence-electron chi connectivity index (χ0n) is 8.01. The fraction of sp³-hybridized carbons (Fsp3) is 0.300. The van der Waals surface area contributed by atoms with Crippen molar-refractivity contribution in [3.63, 3.8) is 0 Å². The topological polar surface area (TPSA) is 49.9 Å². The van der Waals surface area contributed by atoms with Crippen molar-refractivity contribution in [1.82, 2.24) is 0 Å². The second-order valence-corrected chi connectivity index (χ2v) is 4.54. The first kappa shape index (κ1) is 11.4. The summed E-state index contributed by atoms with van der Waals surface area (Å²) in [6.45, 7) is 2.11. The second kappa shape index (κ2) is 5.27. The molecule has 76 valence electrons. The molecule has 0 radical (unpaired) electrons. The van der Waals surface area contributed by atoms with Gasteiger partial charge in [0.2, 0.25) is 0 Å². The molecule has 14 heavy (non-hydrogen) atoms. The highest BCUT2D eigenvalue weighted by molar-refractivity contribution is 7.98. The molecule has 1 aromatic rings. The average Bonchev–Trinajstić information content (AvgIpc) is 2.15. The smallest absolute Gasteiger partial charge is 0.122 e. The summed E-state index contributed by atoms with van der Waals surface area (Å²) in [5.74, 6) is 2.04. The van der Waals surface area contributed by atoms with Crippen LogP contribution < -0.4 is 5.73 Å². The molecule has 0 bridgehead atoms. The van der Waals surface area contributed by atoms with Crippen molar-refractivity contribution >= 4 is 29.2 Å². The molecule has 0 amide bonds. The molecular formula is C10H13ClN2S. The van der Waals surface area contributed by atoms with Crippen LogP contribution in [0.4, 0.5) is 0 Å². The standard InChI is InChI=1S/C10H13ClN2S/c1-2-14-6-8-4-3-7(10(12)13)5-9(8)11/h3-5H,2,6H2,1H3,(H3,12,13). The summed E-state index contributed by atoms with van der Waals surface area (Å²) in [6, 6.07) is 5.51. The van der Waals surface area contributed by atoms with Gasteiger partial charge in [0.15, 0.2) is 0 Å². The fourth-order valence-electron chi connectivity index (χ4n) is 1.04. The summed E-state index contributed by atoms with van der Waals surface area (Å²) in [6.07, 6.45) is 0. The van der Waals surface area contributed by atoms with E-state index >= 15 is 0 Å². The van der Waals surface area contributed by atoms with Gasteiger partial charge in [-0.15, -0.1) is 0 Å². The lowest BCUT2D eigenvalue weighted by molar-refractivity contribution is 1.37. The van der Waals surface area contributed by atoms with E-state index in [2.05, 4.69) is 6.92 Å². The van der Waals surface area contributed by atoms with Crippen LogP contribution in [0.3, 0.4) is 0 Å². The first-order chi connectivity index (χ1) is 6.65. The normalized spacial score (nSPS) is 10.1. The number of nitrogen functional groups attached to an aromatic ring is 1. The monoisotopic (exact) mass is 228 g/mol. The Labute approximate surface area is 93.3 Å². The molecule has 0 heterocycles. The van der Waals surface area contributed by atoms with Gasteiger partial charge in [-0.2, -0.15) is 11.8 Å². The van der Waals surface area contributed by atoms with Crippen LogP contribution in [-0.2, 0) is 5.75 Å². The predicted octanol–water partition coefficient (Wildman–Crippen LogP) is 2.88. The Balaban J connectivity index is 2.84. The van der Waals surface area contributed by atoms with Gasteiger partial charge in [0.1, 0.15) is 5.84 Å². The van der Waals surface area contributed by atoms with Gasteiger partial charge < -0.3 is 5.73 Å². The summed E-state index contributed by atoms with van der Waals surface area (Å²) in [7, 11) is 0. The molecule has 0 aromatic heterocycles. The first-order valence-electron chi connectivity index (χ1n) is 4.35. The van der Waals surface area contributed by atoms with E-state index in [-0.39, 0.29) is 5.84 Å². The summed E-state index contributed by atoms with van der Waals surface area (Å²) < 4.78 is 0. The van der Waals surface area contributed by atoms with Crippen molar-refractivity contribution < 1.29 is 0 Å². The summed E-state index contributed by atoms with van der Waals surface area (Å²) in [4.78, 5) is 0. The summed E-state index contributed by atoms with van der Waals surface area (Å²) in [5, 5.41) is 7.95. The lowest BCUT2D eigenvalue weighted by Crippen LogP contribution is -2.10. The van der Waals surface area contributed by atoms with E-state index in [1.807, 2.05) is 23.9 Å². The van der Waals surface area contributed by atoms with E-state index in [9.17, 15) is 0 Å². The van der Waals surface area contributed by atoms with Crippen LogP contribution in [0.2, 0.25) is 5.02 Å². The molecular weight excluding hydrogens is 216 g/mol. The maximum absolute atomic E-state index is 7.25. The van der Waals surface area contributed by atoms with Gasteiger partial charge in [-0.1, -0.05) is 30.7 Å². The van der Waals surface area contributed by atoms with Crippen LogP contribution >= 0.6 is 23.4 Å². The van der Waals surface area contributed by atoms with E-state index in [1.54, 1.807) is 6.07 Å². The van der Waals surface area contributed by atoms with Crippen LogP contribution in [0.1, 0.15) is 18.1 Å². The third kappa shape index (κ3) is 2.93. The fourth-order valence-corrected chi connectivity index (χ4v) is 2.05. The maximum atomic E-state index is 7.25. The third-order valence-electron chi connectivity index (χ3n) is 1.83. The number of hydrogen-bond acceptors (Lipinski definition) is 2. The number of halogens is 1. The Morgan fingerprint density at radius 2 is 2.29 bits per heavy atom. The minimum absolute atomic E-state index is 0.0570. The minimum Gasteiger partial charge on any atom is -0.384 e. The van der Waals surface area contributed by atoms with Crippen molar-refractivity contribution in [2.75, 3.05) is 5.75 Å². The van der Waals surface area contributed by atoms with Crippen molar-refractivity contribution in [2.24, 2.45) is 5.73 Å². The minimum atomic E-state index is 0.0570. The van der Waals surface area contributed by atoms with Crippen molar-refractivity contribution in [3.8, 4) is 0 Å². The van der Waals surface area contributed by atoms with Gasteiger partial charge >= 0.3 is 0 Å². The molecule has 0 saturated carbocycles. The molecule has 0 atom stereocenters. The van der Waals surface area contributed by atoms with Gasteiger partial charge in [-0.05, 0) is 17.4 Å². The quantitative estimate of drug-likeness (QED) is 0.615. The van der Waals surface area contributed by atoms with Crippen LogP contribution in [-0.4, -0.2) is 11.6 Å². The Bertz CT molecular complexity index is 339. The van der Waals surface area contributed by atoms with E-state index in [0.717, 1.165) is 17.1 Å². The van der Waals surface area contributed by atoms with Crippen molar-refractivity contribution in [2.45, 2.75) is 12.7 Å². The molecule has 3 N–H and O–H groups in total. The van der Waals surface area contributed by atoms with Crippen LogP contribution in [0.15, 0.2) is 18.2 Å². The lowest BCUT2D eigenvalue weighted by Gasteiger charge is -2.05. The SMILES string of the molecule is CCSCc1ccc(C(=N)N)cc1Cl. The zero-order chi connectivity index (χ0) is 10.6. The molecule has 4 heteroatoms. The number of thioether (sulfide) groups is 1. The number of hydrogen-bond donors (Lipinski definition) is 2. The Morgan fingerprint density at radius 1 is 1.57 bits per heavy atom. The van der Waals surface area contributed by atoms with E-state index in [1.165, 1.54) is 0 Å². The number of benzene rings is 1.